The number of rotatable bonds is 3. The molecule has 14 heavy (non-hydrogen) atoms. The second-order valence-electron chi connectivity index (χ2n) is 2.71. The normalized spacial score (nSPS) is 14.8. The first-order valence-electron chi connectivity index (χ1n) is 3.80. The largest absolute Gasteiger partial charge is 0.480 e. The van der Waals surface area contributed by atoms with Crippen LogP contribution in [0.5, 0.6) is 0 Å². The Morgan fingerprint density at radius 2 is 2.29 bits per heavy atom. The van der Waals surface area contributed by atoms with Crippen LogP contribution in [0.25, 0.3) is 0 Å². The molecular formula is C8H9FN2O3. The Balaban J connectivity index is 2.94. The Kier molecular flexibility index (Phi) is 3.10. The number of aliphatic carboxylic acids is 1. The van der Waals surface area contributed by atoms with Gasteiger partial charge in [-0.3, -0.25) is 9.78 Å². The predicted molar refractivity (Wildman–Crippen MR) is 44.8 cm³/mol. The van der Waals surface area contributed by atoms with E-state index in [9.17, 15) is 14.3 Å². The highest BCUT2D eigenvalue weighted by atomic mass is 19.1. The zero-order valence-electron chi connectivity index (χ0n) is 7.09. The van der Waals surface area contributed by atoms with Gasteiger partial charge in [0.2, 0.25) is 0 Å². The van der Waals surface area contributed by atoms with Crippen molar-refractivity contribution in [2.75, 3.05) is 0 Å². The number of aromatic nitrogens is 1. The fourth-order valence-electron chi connectivity index (χ4n) is 0.954. The maximum Gasteiger partial charge on any atom is 0.323 e. The molecule has 0 aliphatic rings. The molecule has 2 atom stereocenters. The molecule has 1 aromatic heterocycles. The van der Waals surface area contributed by atoms with Gasteiger partial charge in [-0.25, -0.2) is 4.39 Å². The average Bonchev–Trinajstić information content (AvgIpc) is 2.16. The minimum Gasteiger partial charge on any atom is -0.480 e. The van der Waals surface area contributed by atoms with E-state index in [-0.39, 0.29) is 5.56 Å². The van der Waals surface area contributed by atoms with Crippen molar-refractivity contribution in [1.82, 2.24) is 4.98 Å². The van der Waals surface area contributed by atoms with Gasteiger partial charge >= 0.3 is 5.97 Å². The Morgan fingerprint density at radius 3 is 2.79 bits per heavy atom. The lowest BCUT2D eigenvalue weighted by Gasteiger charge is -2.15. The average molecular weight is 200 g/mol. The van der Waals surface area contributed by atoms with Crippen molar-refractivity contribution in [2.24, 2.45) is 5.73 Å². The van der Waals surface area contributed by atoms with Gasteiger partial charge in [0, 0.05) is 11.8 Å². The number of hydrogen-bond donors (Lipinski definition) is 3. The molecule has 1 heterocycles. The minimum absolute atomic E-state index is 0.171. The molecule has 1 aromatic rings. The molecule has 0 aliphatic carbocycles. The third kappa shape index (κ3) is 2.04. The van der Waals surface area contributed by atoms with Crippen LogP contribution in [0.2, 0.25) is 0 Å². The number of hydrogen-bond acceptors (Lipinski definition) is 4. The highest BCUT2D eigenvalue weighted by Gasteiger charge is 2.25. The molecule has 1 rings (SSSR count). The minimum atomic E-state index is -1.57. The number of aliphatic hydroxyl groups excluding tert-OH is 1. The zero-order valence-corrected chi connectivity index (χ0v) is 7.09. The number of carboxylic acids is 1. The third-order valence-corrected chi connectivity index (χ3v) is 1.75. The number of nitrogens with two attached hydrogens (primary N) is 1. The maximum atomic E-state index is 13.0. The van der Waals surface area contributed by atoms with Gasteiger partial charge in [-0.1, -0.05) is 0 Å². The first-order valence-corrected chi connectivity index (χ1v) is 3.80. The number of nitrogens with zero attached hydrogens (tertiary/aromatic N) is 1. The van der Waals surface area contributed by atoms with Gasteiger partial charge in [-0.15, -0.1) is 0 Å². The van der Waals surface area contributed by atoms with Crippen LogP contribution in [0.3, 0.4) is 0 Å². The summed E-state index contributed by atoms with van der Waals surface area (Å²) >= 11 is 0. The van der Waals surface area contributed by atoms with Crippen LogP contribution in [0.15, 0.2) is 18.5 Å². The van der Waals surface area contributed by atoms with Crippen LogP contribution < -0.4 is 5.73 Å². The Hall–Kier alpha value is -1.53. The van der Waals surface area contributed by atoms with Crippen molar-refractivity contribution in [3.63, 3.8) is 0 Å². The van der Waals surface area contributed by atoms with Crippen molar-refractivity contribution in [3.05, 3.63) is 29.8 Å². The van der Waals surface area contributed by atoms with Crippen LogP contribution in [-0.2, 0) is 4.79 Å². The molecule has 5 nitrogen and oxygen atoms in total. The summed E-state index contributed by atoms with van der Waals surface area (Å²) in [6.07, 6.45) is 0.555. The summed E-state index contributed by atoms with van der Waals surface area (Å²) in [5, 5.41) is 17.8. The molecule has 0 aromatic carbocycles. The highest BCUT2D eigenvalue weighted by Crippen LogP contribution is 2.17. The molecule has 0 fully saturated rings. The molecule has 0 saturated carbocycles. The standard InChI is InChI=1S/C8H9FN2O3/c9-5-3-11-2-1-4(5)7(12)6(10)8(13)14/h1-3,6-7,12H,10H2,(H,13,14). The second-order valence-corrected chi connectivity index (χ2v) is 2.71. The molecule has 6 heteroatoms. The lowest BCUT2D eigenvalue weighted by atomic mass is 10.0. The van der Waals surface area contributed by atoms with E-state index in [1.54, 1.807) is 0 Å². The quantitative estimate of drug-likeness (QED) is 0.620. The van der Waals surface area contributed by atoms with Gasteiger partial charge in [0.05, 0.1) is 6.20 Å². The van der Waals surface area contributed by atoms with Gasteiger partial charge in [0.1, 0.15) is 18.0 Å². The first kappa shape index (κ1) is 10.6. The Bertz CT molecular complexity index is 345. The summed E-state index contributed by atoms with van der Waals surface area (Å²) in [4.78, 5) is 13.9. The lowest BCUT2D eigenvalue weighted by Crippen LogP contribution is -2.36. The topological polar surface area (TPSA) is 96.4 Å². The number of halogens is 1. The molecule has 0 bridgehead atoms. The Labute approximate surface area is 79.0 Å². The highest BCUT2D eigenvalue weighted by molar-refractivity contribution is 5.74. The van der Waals surface area contributed by atoms with Crippen LogP contribution in [0.1, 0.15) is 11.7 Å². The predicted octanol–water partition coefficient (Wildman–Crippen LogP) is -0.334. The molecule has 0 amide bonds. The molecule has 2 unspecified atom stereocenters. The zero-order chi connectivity index (χ0) is 10.7. The maximum absolute atomic E-state index is 13.0. The van der Waals surface area contributed by atoms with Gasteiger partial charge in [-0.2, -0.15) is 0 Å². The first-order chi connectivity index (χ1) is 6.54. The van der Waals surface area contributed by atoms with E-state index in [4.69, 9.17) is 10.8 Å². The number of carboxylic acid groups (broad SMARTS) is 1. The molecule has 0 saturated heterocycles. The molecular weight excluding hydrogens is 191 g/mol. The Morgan fingerprint density at radius 1 is 1.64 bits per heavy atom. The number of carbonyl (C=O) groups is 1. The molecule has 0 spiro atoms. The van der Waals surface area contributed by atoms with E-state index >= 15 is 0 Å². The van der Waals surface area contributed by atoms with Crippen molar-refractivity contribution in [2.45, 2.75) is 12.1 Å². The lowest BCUT2D eigenvalue weighted by molar-refractivity contribution is -0.141. The summed E-state index contributed by atoms with van der Waals surface area (Å²) < 4.78 is 13.0. The summed E-state index contributed by atoms with van der Waals surface area (Å²) in [5.74, 6) is -2.18. The van der Waals surface area contributed by atoms with Gasteiger partial charge in [-0.05, 0) is 6.07 Å². The van der Waals surface area contributed by atoms with E-state index in [0.717, 1.165) is 6.20 Å². The van der Waals surface area contributed by atoms with E-state index in [1.165, 1.54) is 12.3 Å². The fourth-order valence-corrected chi connectivity index (χ4v) is 0.954. The van der Waals surface area contributed by atoms with Crippen LogP contribution in [-0.4, -0.2) is 27.2 Å². The van der Waals surface area contributed by atoms with Crippen molar-refractivity contribution in [1.29, 1.82) is 0 Å². The second kappa shape index (κ2) is 4.12. The summed E-state index contributed by atoms with van der Waals surface area (Å²) in [6, 6.07) is -0.366. The van der Waals surface area contributed by atoms with Crippen LogP contribution in [0, 0.1) is 5.82 Å². The van der Waals surface area contributed by atoms with Crippen molar-refractivity contribution < 1.29 is 19.4 Å². The summed E-state index contributed by atoms with van der Waals surface area (Å²) in [5.41, 5.74) is 4.95. The van der Waals surface area contributed by atoms with Crippen LogP contribution in [0.4, 0.5) is 4.39 Å². The van der Waals surface area contributed by atoms with Crippen molar-refractivity contribution >= 4 is 5.97 Å². The molecule has 76 valence electrons. The summed E-state index contributed by atoms with van der Waals surface area (Å²) in [7, 11) is 0. The van der Waals surface area contributed by atoms with Gasteiger partial charge in [0.25, 0.3) is 0 Å². The monoisotopic (exact) mass is 200 g/mol. The van der Waals surface area contributed by atoms with E-state index in [0.29, 0.717) is 0 Å². The molecule has 0 radical (unpaired) electrons. The van der Waals surface area contributed by atoms with Crippen LogP contribution >= 0.6 is 0 Å². The third-order valence-electron chi connectivity index (χ3n) is 1.75. The van der Waals surface area contributed by atoms with E-state index < -0.39 is 23.9 Å². The van der Waals surface area contributed by atoms with E-state index in [2.05, 4.69) is 4.98 Å². The molecule has 4 N–H and O–H groups in total. The molecule has 0 aliphatic heterocycles. The van der Waals surface area contributed by atoms with Gasteiger partial charge in [0.15, 0.2) is 0 Å². The SMILES string of the molecule is NC(C(=O)O)C(O)c1ccncc1F. The fraction of sp³-hybridized carbons (Fsp3) is 0.250. The van der Waals surface area contributed by atoms with E-state index in [1.807, 2.05) is 0 Å². The number of aliphatic hydroxyl groups is 1. The summed E-state index contributed by atoms with van der Waals surface area (Å²) in [6.45, 7) is 0. The van der Waals surface area contributed by atoms with Crippen molar-refractivity contribution in [3.8, 4) is 0 Å². The van der Waals surface area contributed by atoms with Gasteiger partial charge < -0.3 is 15.9 Å². The number of pyridine rings is 1. The smallest absolute Gasteiger partial charge is 0.323 e.